The third kappa shape index (κ3) is 5.06. The fourth-order valence-electron chi connectivity index (χ4n) is 3.07. The minimum atomic E-state index is -0.848. The molecule has 27 heavy (non-hydrogen) atoms. The molecule has 1 saturated heterocycles. The molecule has 2 N–H and O–H groups in total. The van der Waals surface area contributed by atoms with E-state index in [1.165, 1.54) is 13.2 Å². The molecule has 1 aliphatic rings. The van der Waals surface area contributed by atoms with E-state index in [2.05, 4.69) is 15.6 Å². The second-order valence-corrected chi connectivity index (χ2v) is 6.47. The first-order chi connectivity index (χ1) is 13.0. The zero-order valence-corrected chi connectivity index (χ0v) is 15.0. The van der Waals surface area contributed by atoms with Gasteiger partial charge in [-0.15, -0.1) is 0 Å². The molecule has 0 spiro atoms. The lowest BCUT2D eigenvalue weighted by molar-refractivity contribution is 0.239. The van der Waals surface area contributed by atoms with Crippen molar-refractivity contribution in [2.75, 3.05) is 31.6 Å². The summed E-state index contributed by atoms with van der Waals surface area (Å²) in [5.41, 5.74) is 1.55. The van der Waals surface area contributed by atoms with Crippen molar-refractivity contribution < 1.29 is 18.3 Å². The van der Waals surface area contributed by atoms with Crippen molar-refractivity contribution in [3.63, 3.8) is 0 Å². The minimum Gasteiger partial charge on any atom is -0.481 e. The first-order valence-electron chi connectivity index (χ1n) is 8.76. The van der Waals surface area contributed by atoms with Crippen molar-refractivity contribution in [1.29, 1.82) is 0 Å². The number of aromatic nitrogens is 1. The molecule has 1 aromatic heterocycles. The normalized spacial score (nSPS) is 16.3. The number of hydrogen-bond acceptors (Lipinski definition) is 4. The number of urea groups is 1. The molecule has 1 atom stereocenters. The maximum absolute atomic E-state index is 13.4. The SMILES string of the molecule is COc1cc(CNC(=O)NCC2CCN(c3ccc(F)c(F)c3)C2)ccn1. The van der Waals surface area contributed by atoms with E-state index in [-0.39, 0.29) is 11.9 Å². The smallest absolute Gasteiger partial charge is 0.315 e. The highest BCUT2D eigenvalue weighted by Crippen LogP contribution is 2.24. The second kappa shape index (κ2) is 8.66. The zero-order valence-electron chi connectivity index (χ0n) is 15.0. The molecular weight excluding hydrogens is 354 g/mol. The van der Waals surface area contributed by atoms with Crippen LogP contribution in [0.3, 0.4) is 0 Å². The van der Waals surface area contributed by atoms with Crippen molar-refractivity contribution in [3.05, 3.63) is 53.7 Å². The number of pyridine rings is 1. The topological polar surface area (TPSA) is 66.5 Å². The summed E-state index contributed by atoms with van der Waals surface area (Å²) >= 11 is 0. The van der Waals surface area contributed by atoms with Crippen molar-refractivity contribution in [2.24, 2.45) is 5.92 Å². The molecule has 0 saturated carbocycles. The number of ether oxygens (including phenoxy) is 1. The van der Waals surface area contributed by atoms with Crippen molar-refractivity contribution in [3.8, 4) is 5.88 Å². The lowest BCUT2D eigenvalue weighted by Gasteiger charge is -2.19. The molecule has 1 unspecified atom stereocenters. The van der Waals surface area contributed by atoms with Crippen molar-refractivity contribution in [1.82, 2.24) is 15.6 Å². The number of carbonyl (C=O) groups is 1. The number of rotatable bonds is 6. The highest BCUT2D eigenvalue weighted by molar-refractivity contribution is 5.73. The van der Waals surface area contributed by atoms with Crippen LogP contribution in [0.25, 0.3) is 0 Å². The predicted octanol–water partition coefficient (Wildman–Crippen LogP) is 2.69. The summed E-state index contributed by atoms with van der Waals surface area (Å²) in [5, 5.41) is 5.65. The average molecular weight is 376 g/mol. The van der Waals surface area contributed by atoms with Crippen LogP contribution in [-0.2, 0) is 6.54 Å². The molecule has 1 fully saturated rings. The summed E-state index contributed by atoms with van der Waals surface area (Å²) in [5.74, 6) is -0.941. The second-order valence-electron chi connectivity index (χ2n) is 6.47. The van der Waals surface area contributed by atoms with E-state index in [0.717, 1.165) is 24.6 Å². The molecule has 2 heterocycles. The van der Waals surface area contributed by atoms with E-state index in [1.807, 2.05) is 4.90 Å². The van der Waals surface area contributed by atoms with Crippen LogP contribution in [0.5, 0.6) is 5.88 Å². The Morgan fingerprint density at radius 3 is 2.89 bits per heavy atom. The molecule has 1 aromatic carbocycles. The Bertz CT molecular complexity index is 803. The molecular formula is C19H22F2N4O2. The molecule has 1 aliphatic heterocycles. The van der Waals surface area contributed by atoms with Gasteiger partial charge in [0.05, 0.1) is 7.11 Å². The van der Waals surface area contributed by atoms with Gasteiger partial charge in [-0.3, -0.25) is 0 Å². The standard InChI is InChI=1S/C19H22F2N4O2/c1-27-18-8-13(4-6-22-18)10-23-19(26)24-11-14-5-7-25(12-14)15-2-3-16(20)17(21)9-15/h2-4,6,8-9,14H,5,7,10-12H2,1H3,(H2,23,24,26). The van der Waals surface area contributed by atoms with Crippen LogP contribution < -0.4 is 20.3 Å². The summed E-state index contributed by atoms with van der Waals surface area (Å²) in [6, 6.07) is 7.23. The van der Waals surface area contributed by atoms with Gasteiger partial charge in [-0.2, -0.15) is 0 Å². The Morgan fingerprint density at radius 2 is 2.11 bits per heavy atom. The molecule has 2 aromatic rings. The van der Waals surface area contributed by atoms with Gasteiger partial charge in [-0.1, -0.05) is 0 Å². The number of anilines is 1. The fourth-order valence-corrected chi connectivity index (χ4v) is 3.07. The first-order valence-corrected chi connectivity index (χ1v) is 8.76. The molecule has 144 valence electrons. The lowest BCUT2D eigenvalue weighted by atomic mass is 10.1. The number of benzene rings is 1. The van der Waals surface area contributed by atoms with Gasteiger partial charge in [0.1, 0.15) is 0 Å². The summed E-state index contributed by atoms with van der Waals surface area (Å²) in [4.78, 5) is 18.0. The number of hydrogen-bond donors (Lipinski definition) is 2. The number of amides is 2. The maximum atomic E-state index is 13.4. The third-order valence-corrected chi connectivity index (χ3v) is 4.57. The number of carbonyl (C=O) groups excluding carboxylic acids is 1. The van der Waals surface area contributed by atoms with E-state index in [1.54, 1.807) is 24.4 Å². The average Bonchev–Trinajstić information content (AvgIpc) is 3.16. The van der Waals surface area contributed by atoms with Gasteiger partial charge in [0.25, 0.3) is 0 Å². The molecule has 0 radical (unpaired) electrons. The van der Waals surface area contributed by atoms with E-state index in [4.69, 9.17) is 4.74 Å². The van der Waals surface area contributed by atoms with E-state index in [0.29, 0.717) is 31.2 Å². The number of methoxy groups -OCH3 is 1. The van der Waals surface area contributed by atoms with Crippen molar-refractivity contribution >= 4 is 11.7 Å². The van der Waals surface area contributed by atoms with Crippen molar-refractivity contribution in [2.45, 2.75) is 13.0 Å². The number of nitrogens with one attached hydrogen (secondary N) is 2. The Kier molecular flexibility index (Phi) is 6.05. The van der Waals surface area contributed by atoms with Crippen LogP contribution in [0.2, 0.25) is 0 Å². The summed E-state index contributed by atoms with van der Waals surface area (Å²) in [6.45, 7) is 2.32. The Labute approximate surface area is 156 Å². The Balaban J connectivity index is 1.42. The summed E-state index contributed by atoms with van der Waals surface area (Å²) in [7, 11) is 1.54. The van der Waals surface area contributed by atoms with Gasteiger partial charge in [0.15, 0.2) is 11.6 Å². The minimum absolute atomic E-state index is 0.253. The molecule has 0 bridgehead atoms. The largest absolute Gasteiger partial charge is 0.481 e. The van der Waals surface area contributed by atoms with Crippen LogP contribution in [0.1, 0.15) is 12.0 Å². The molecule has 8 heteroatoms. The van der Waals surface area contributed by atoms with Gasteiger partial charge < -0.3 is 20.3 Å². The highest BCUT2D eigenvalue weighted by Gasteiger charge is 2.23. The van der Waals surface area contributed by atoms with Gasteiger partial charge in [0.2, 0.25) is 5.88 Å². The summed E-state index contributed by atoms with van der Waals surface area (Å²) in [6.07, 6.45) is 2.50. The van der Waals surface area contributed by atoms with Crippen LogP contribution >= 0.6 is 0 Å². The highest BCUT2D eigenvalue weighted by atomic mass is 19.2. The monoisotopic (exact) mass is 376 g/mol. The molecule has 2 amide bonds. The predicted molar refractivity (Wildman–Crippen MR) is 97.7 cm³/mol. The van der Waals surface area contributed by atoms with Gasteiger partial charge in [-0.05, 0) is 36.1 Å². The van der Waals surface area contributed by atoms with E-state index in [9.17, 15) is 13.6 Å². The van der Waals surface area contributed by atoms with E-state index >= 15 is 0 Å². The third-order valence-electron chi connectivity index (χ3n) is 4.57. The van der Waals surface area contributed by atoms with Crippen LogP contribution in [0, 0.1) is 17.6 Å². The summed E-state index contributed by atoms with van der Waals surface area (Å²) < 4.78 is 31.5. The lowest BCUT2D eigenvalue weighted by Crippen LogP contribution is -2.38. The zero-order chi connectivity index (χ0) is 19.2. The van der Waals surface area contributed by atoms with Gasteiger partial charge >= 0.3 is 6.03 Å². The fraction of sp³-hybridized carbons (Fsp3) is 0.368. The van der Waals surface area contributed by atoms with Gasteiger partial charge in [-0.25, -0.2) is 18.6 Å². The Hall–Kier alpha value is -2.90. The van der Waals surface area contributed by atoms with E-state index < -0.39 is 11.6 Å². The number of nitrogens with zero attached hydrogens (tertiary/aromatic N) is 2. The van der Waals surface area contributed by atoms with Crippen LogP contribution in [0.15, 0.2) is 36.5 Å². The molecule has 6 nitrogen and oxygen atoms in total. The number of halogens is 2. The first kappa shape index (κ1) is 18.9. The van der Waals surface area contributed by atoms with Crippen LogP contribution in [-0.4, -0.2) is 37.8 Å². The van der Waals surface area contributed by atoms with Crippen LogP contribution in [0.4, 0.5) is 19.3 Å². The Morgan fingerprint density at radius 1 is 1.26 bits per heavy atom. The molecule has 0 aliphatic carbocycles. The quantitative estimate of drug-likeness (QED) is 0.814. The maximum Gasteiger partial charge on any atom is 0.315 e. The molecule has 3 rings (SSSR count). The van der Waals surface area contributed by atoms with Gasteiger partial charge in [0, 0.05) is 50.2 Å².